The topological polar surface area (TPSA) is 129 Å². The quantitative estimate of drug-likeness (QED) is 0.217. The van der Waals surface area contributed by atoms with Crippen LogP contribution in [0.5, 0.6) is 0 Å². The molecule has 2 N–H and O–H groups in total. The van der Waals surface area contributed by atoms with Crippen molar-refractivity contribution in [2.45, 2.75) is 71.5 Å². The van der Waals surface area contributed by atoms with Gasteiger partial charge in [-0.05, 0) is 56.8 Å². The van der Waals surface area contributed by atoms with Gasteiger partial charge in [0.2, 0.25) is 0 Å². The summed E-state index contributed by atoms with van der Waals surface area (Å²) in [5, 5.41) is 5.34. The van der Waals surface area contributed by atoms with Gasteiger partial charge in [0.05, 0.1) is 0 Å². The van der Waals surface area contributed by atoms with Crippen LogP contribution in [0.15, 0.2) is 25.3 Å². The van der Waals surface area contributed by atoms with E-state index in [-0.39, 0.29) is 13.2 Å². The summed E-state index contributed by atoms with van der Waals surface area (Å²) < 4.78 is 19.9. The van der Waals surface area contributed by atoms with Gasteiger partial charge >= 0.3 is 24.1 Å². The van der Waals surface area contributed by atoms with Gasteiger partial charge in [-0.15, -0.1) is 0 Å². The summed E-state index contributed by atoms with van der Waals surface area (Å²) in [4.78, 5) is 44.6. The van der Waals surface area contributed by atoms with Crippen molar-refractivity contribution in [3.63, 3.8) is 0 Å². The first-order chi connectivity index (χ1) is 17.3. The summed E-state index contributed by atoms with van der Waals surface area (Å²) in [5.41, 5.74) is 0. The van der Waals surface area contributed by atoms with Gasteiger partial charge in [0, 0.05) is 25.2 Å². The van der Waals surface area contributed by atoms with E-state index in [0.29, 0.717) is 31.8 Å². The summed E-state index contributed by atoms with van der Waals surface area (Å²) in [5.74, 6) is 1.24. The van der Waals surface area contributed by atoms with Crippen molar-refractivity contribution >= 4 is 24.1 Å². The smallest absolute Gasteiger partial charge is 0.407 e. The van der Waals surface area contributed by atoms with Crippen LogP contribution in [-0.2, 0) is 28.5 Å². The Morgan fingerprint density at radius 2 is 1.36 bits per heavy atom. The fourth-order valence-corrected chi connectivity index (χ4v) is 4.31. The largest absolute Gasteiger partial charge is 0.459 e. The van der Waals surface area contributed by atoms with Crippen molar-refractivity contribution in [3.05, 3.63) is 25.3 Å². The number of alkyl carbamates (subject to hydrolysis) is 2. The molecule has 10 nitrogen and oxygen atoms in total. The van der Waals surface area contributed by atoms with Gasteiger partial charge in [-0.1, -0.05) is 33.4 Å². The Morgan fingerprint density at radius 1 is 0.833 bits per heavy atom. The lowest BCUT2D eigenvalue weighted by molar-refractivity contribution is -0.141. The Morgan fingerprint density at radius 3 is 1.75 bits per heavy atom. The number of hydrogen-bond acceptors (Lipinski definition) is 8. The number of nitrogens with one attached hydrogen (secondary N) is 2. The number of amides is 2. The van der Waals surface area contributed by atoms with Gasteiger partial charge in [0.25, 0.3) is 0 Å². The summed E-state index contributed by atoms with van der Waals surface area (Å²) >= 11 is 0. The molecule has 0 aromatic rings. The zero-order valence-electron chi connectivity index (χ0n) is 21.8. The second kappa shape index (κ2) is 17.4. The number of rotatable bonds is 13. The average molecular weight is 511 g/mol. The summed E-state index contributed by atoms with van der Waals surface area (Å²) in [6.45, 7) is 13.4. The second-order valence-corrected chi connectivity index (χ2v) is 8.89. The van der Waals surface area contributed by atoms with E-state index < -0.39 is 36.3 Å². The molecule has 0 aromatic heterocycles. The van der Waals surface area contributed by atoms with E-state index in [9.17, 15) is 19.2 Å². The summed E-state index contributed by atoms with van der Waals surface area (Å²) in [6.07, 6.45) is 6.84. The lowest BCUT2D eigenvalue weighted by Gasteiger charge is -2.22. The number of esters is 2. The molecule has 204 valence electrons. The van der Waals surface area contributed by atoms with E-state index in [4.69, 9.17) is 18.9 Å². The van der Waals surface area contributed by atoms with Crippen molar-refractivity contribution in [2.24, 2.45) is 17.8 Å². The monoisotopic (exact) mass is 510 g/mol. The minimum Gasteiger partial charge on any atom is -0.459 e. The highest BCUT2D eigenvalue weighted by atomic mass is 16.6. The molecule has 2 bridgehead atoms. The number of ether oxygens (including phenoxy) is 4. The van der Waals surface area contributed by atoms with Crippen LogP contribution in [0.3, 0.4) is 0 Å². The van der Waals surface area contributed by atoms with Gasteiger partial charge in [0.15, 0.2) is 0 Å². The molecule has 2 aliphatic carbocycles. The maximum atomic E-state index is 11.8. The van der Waals surface area contributed by atoms with E-state index in [2.05, 4.69) is 23.8 Å². The highest BCUT2D eigenvalue weighted by Crippen LogP contribution is 2.47. The maximum Gasteiger partial charge on any atom is 0.407 e. The predicted molar refractivity (Wildman–Crippen MR) is 134 cm³/mol. The molecular weight excluding hydrogens is 468 g/mol. The zero-order chi connectivity index (χ0) is 26.9. The van der Waals surface area contributed by atoms with Gasteiger partial charge in [0.1, 0.15) is 25.4 Å². The minimum atomic E-state index is -0.520. The fourth-order valence-electron chi connectivity index (χ4n) is 4.31. The van der Waals surface area contributed by atoms with E-state index >= 15 is 0 Å². The van der Waals surface area contributed by atoms with Gasteiger partial charge < -0.3 is 29.6 Å². The zero-order valence-corrected chi connectivity index (χ0v) is 21.8. The van der Waals surface area contributed by atoms with Crippen molar-refractivity contribution in [1.29, 1.82) is 0 Å². The number of carbonyl (C=O) groups excluding carboxylic acids is 4. The third kappa shape index (κ3) is 12.1. The first-order valence-electron chi connectivity index (χ1n) is 12.7. The van der Waals surface area contributed by atoms with E-state index in [1.807, 2.05) is 13.8 Å². The molecule has 2 rings (SSSR count). The molecule has 5 unspecified atom stereocenters. The Balaban J connectivity index is 0.000000384. The normalized spacial score (nSPS) is 21.0. The van der Waals surface area contributed by atoms with Crippen molar-refractivity contribution in [1.82, 2.24) is 10.6 Å². The third-order valence-electron chi connectivity index (χ3n) is 6.33. The van der Waals surface area contributed by atoms with Crippen LogP contribution >= 0.6 is 0 Å². The summed E-state index contributed by atoms with van der Waals surface area (Å²) in [7, 11) is 0. The number of carbonyl (C=O) groups is 4. The molecule has 0 spiro atoms. The van der Waals surface area contributed by atoms with Crippen molar-refractivity contribution < 1.29 is 38.1 Å². The molecule has 0 heterocycles. The van der Waals surface area contributed by atoms with Crippen LogP contribution in [0.25, 0.3) is 0 Å². The molecule has 2 saturated carbocycles. The molecule has 0 radical (unpaired) electrons. The summed E-state index contributed by atoms with van der Waals surface area (Å²) in [6, 6.07) is 0. The Kier molecular flexibility index (Phi) is 15.0. The molecule has 0 aliphatic heterocycles. The van der Waals surface area contributed by atoms with Gasteiger partial charge in [-0.3, -0.25) is 0 Å². The standard InChI is InChI=1S/C16H25NO4.C10H17NO4/c1-3-14(10-20-15(18)4-2)21-16(19)17-9-13-8-11-5-6-12(13)7-11;1-4-8(7-14-9(12)5-2)15-10(13)11-6-3/h4,11-14H,2-3,5-10H2,1H3,(H,17,19);5,8H,2,4,6-7H2,1,3H3,(H,11,13). The average Bonchev–Trinajstić information content (AvgIpc) is 3.51. The van der Waals surface area contributed by atoms with Crippen molar-refractivity contribution in [2.75, 3.05) is 26.3 Å². The minimum absolute atomic E-state index is 0.0541. The van der Waals surface area contributed by atoms with E-state index in [1.54, 1.807) is 6.92 Å². The molecule has 0 aromatic carbocycles. The Labute approximate surface area is 214 Å². The van der Waals surface area contributed by atoms with Gasteiger partial charge in [-0.2, -0.15) is 0 Å². The second-order valence-electron chi connectivity index (χ2n) is 8.89. The predicted octanol–water partition coefficient (Wildman–Crippen LogP) is 3.90. The van der Waals surface area contributed by atoms with Gasteiger partial charge in [-0.25, -0.2) is 19.2 Å². The third-order valence-corrected chi connectivity index (χ3v) is 6.33. The van der Waals surface area contributed by atoms with E-state index in [1.165, 1.54) is 25.7 Å². The lowest BCUT2D eigenvalue weighted by atomic mass is 9.89. The first kappa shape index (κ1) is 31.0. The molecule has 2 aliphatic rings. The molecule has 5 atom stereocenters. The molecule has 0 saturated heterocycles. The molecule has 2 fully saturated rings. The highest BCUT2D eigenvalue weighted by Gasteiger charge is 2.39. The highest BCUT2D eigenvalue weighted by molar-refractivity contribution is 5.81. The van der Waals surface area contributed by atoms with Crippen LogP contribution in [-0.4, -0.2) is 62.6 Å². The van der Waals surface area contributed by atoms with Crippen molar-refractivity contribution in [3.8, 4) is 0 Å². The Hall–Kier alpha value is -3.04. The maximum absolute atomic E-state index is 11.8. The number of hydrogen-bond donors (Lipinski definition) is 2. The molecule has 36 heavy (non-hydrogen) atoms. The Bertz CT molecular complexity index is 741. The number of fused-ring (bicyclic) bond motifs is 2. The molecule has 10 heteroatoms. The van der Waals surface area contributed by atoms with Crippen LogP contribution in [0.4, 0.5) is 9.59 Å². The van der Waals surface area contributed by atoms with E-state index in [0.717, 1.165) is 24.0 Å². The molecule has 2 amide bonds. The van der Waals surface area contributed by atoms with Crippen LogP contribution < -0.4 is 10.6 Å². The first-order valence-corrected chi connectivity index (χ1v) is 12.7. The lowest BCUT2D eigenvalue weighted by Crippen LogP contribution is -2.35. The fraction of sp³-hybridized carbons (Fsp3) is 0.692. The van der Waals surface area contributed by atoms with Crippen LogP contribution in [0, 0.1) is 17.8 Å². The van der Waals surface area contributed by atoms with Crippen LogP contribution in [0.1, 0.15) is 59.3 Å². The molecular formula is C26H42N2O8. The SMILES string of the molecule is C=CC(=O)OCC(CC)OC(=O)NCC.C=CC(=O)OCC(CC)OC(=O)NCC1CC2CCC1C2. The van der Waals surface area contributed by atoms with Crippen LogP contribution in [0.2, 0.25) is 0 Å².